The number of aliphatic hydroxyl groups excluding tert-OH is 1. The summed E-state index contributed by atoms with van der Waals surface area (Å²) in [6.07, 6.45) is -1.02. The molecule has 3 rings (SSSR count). The van der Waals surface area contributed by atoms with Gasteiger partial charge < -0.3 is 5.11 Å². The van der Waals surface area contributed by atoms with E-state index >= 15 is 0 Å². The molecule has 0 fully saturated rings. The first-order valence-corrected chi connectivity index (χ1v) is 7.07. The van der Waals surface area contributed by atoms with Crippen LogP contribution < -0.4 is 0 Å². The summed E-state index contributed by atoms with van der Waals surface area (Å²) in [6.45, 7) is 1.69. The van der Waals surface area contributed by atoms with Gasteiger partial charge in [-0.1, -0.05) is 60.1 Å². The van der Waals surface area contributed by atoms with Crippen LogP contribution in [0, 0.1) is 12.7 Å². The minimum absolute atomic E-state index is 0.280. The molecule has 0 spiro atoms. The van der Waals surface area contributed by atoms with Crippen LogP contribution in [0.25, 0.3) is 10.8 Å². The van der Waals surface area contributed by atoms with Crippen molar-refractivity contribution in [2.75, 3.05) is 0 Å². The summed E-state index contributed by atoms with van der Waals surface area (Å²) >= 11 is 6.18. The molecule has 106 valence electrons. The lowest BCUT2D eigenvalue weighted by atomic mass is 9.94. The SMILES string of the molecule is Cc1cccc(C(O)c2ccc(Cl)c3ccccc23)c1F. The van der Waals surface area contributed by atoms with Crippen LogP contribution in [0.4, 0.5) is 4.39 Å². The van der Waals surface area contributed by atoms with Crippen molar-refractivity contribution >= 4 is 22.4 Å². The van der Waals surface area contributed by atoms with Crippen molar-refractivity contribution in [2.24, 2.45) is 0 Å². The van der Waals surface area contributed by atoms with Crippen LogP contribution in [-0.2, 0) is 0 Å². The Morgan fingerprint density at radius 3 is 2.38 bits per heavy atom. The molecule has 1 atom stereocenters. The zero-order chi connectivity index (χ0) is 15.0. The van der Waals surface area contributed by atoms with Gasteiger partial charge in [0.1, 0.15) is 11.9 Å². The molecule has 1 N–H and O–H groups in total. The van der Waals surface area contributed by atoms with Gasteiger partial charge in [-0.15, -0.1) is 0 Å². The highest BCUT2D eigenvalue weighted by Crippen LogP contribution is 2.33. The van der Waals surface area contributed by atoms with E-state index in [0.717, 1.165) is 10.8 Å². The number of fused-ring (bicyclic) bond motifs is 1. The fourth-order valence-electron chi connectivity index (χ4n) is 2.57. The minimum atomic E-state index is -1.02. The second-order valence-electron chi connectivity index (χ2n) is 5.06. The zero-order valence-electron chi connectivity index (χ0n) is 11.5. The Kier molecular flexibility index (Phi) is 3.66. The predicted molar refractivity (Wildman–Crippen MR) is 84.2 cm³/mol. The highest BCUT2D eigenvalue weighted by atomic mass is 35.5. The van der Waals surface area contributed by atoms with Gasteiger partial charge in [-0.3, -0.25) is 0 Å². The quantitative estimate of drug-likeness (QED) is 0.704. The fraction of sp³-hybridized carbons (Fsp3) is 0.111. The van der Waals surface area contributed by atoms with Gasteiger partial charge >= 0.3 is 0 Å². The highest BCUT2D eigenvalue weighted by Gasteiger charge is 2.18. The number of aryl methyl sites for hydroxylation is 1. The predicted octanol–water partition coefficient (Wildman–Crippen LogP) is 5.02. The maximum absolute atomic E-state index is 14.2. The van der Waals surface area contributed by atoms with Crippen LogP contribution in [-0.4, -0.2) is 5.11 Å². The Hall–Kier alpha value is -1.90. The lowest BCUT2D eigenvalue weighted by Crippen LogP contribution is -2.04. The van der Waals surface area contributed by atoms with E-state index in [0.29, 0.717) is 16.1 Å². The fourth-order valence-corrected chi connectivity index (χ4v) is 2.80. The summed E-state index contributed by atoms with van der Waals surface area (Å²) < 4.78 is 14.2. The number of benzene rings is 3. The molecule has 0 aliphatic heterocycles. The summed E-state index contributed by atoms with van der Waals surface area (Å²) in [7, 11) is 0. The normalized spacial score (nSPS) is 12.6. The molecule has 0 heterocycles. The van der Waals surface area contributed by atoms with Crippen molar-refractivity contribution in [1.82, 2.24) is 0 Å². The van der Waals surface area contributed by atoms with E-state index in [1.54, 1.807) is 37.3 Å². The summed E-state index contributed by atoms with van der Waals surface area (Å²) in [5.74, 6) is -0.371. The first kappa shape index (κ1) is 14.1. The molecule has 0 bridgehead atoms. The number of aliphatic hydroxyl groups is 1. The molecule has 1 nitrogen and oxygen atoms in total. The van der Waals surface area contributed by atoms with Gasteiger partial charge in [0, 0.05) is 16.0 Å². The van der Waals surface area contributed by atoms with E-state index in [1.807, 2.05) is 24.3 Å². The number of rotatable bonds is 2. The molecule has 0 radical (unpaired) electrons. The van der Waals surface area contributed by atoms with Gasteiger partial charge in [-0.2, -0.15) is 0 Å². The van der Waals surface area contributed by atoms with Gasteiger partial charge in [0.2, 0.25) is 0 Å². The molecule has 1 unspecified atom stereocenters. The standard InChI is InChI=1S/C18H14ClFO/c1-11-5-4-8-15(17(11)20)18(21)14-9-10-16(19)13-7-3-2-6-12(13)14/h2-10,18,21H,1H3. The van der Waals surface area contributed by atoms with Crippen molar-refractivity contribution in [3.63, 3.8) is 0 Å². The van der Waals surface area contributed by atoms with Crippen LogP contribution in [0.5, 0.6) is 0 Å². The van der Waals surface area contributed by atoms with Crippen LogP contribution >= 0.6 is 11.6 Å². The lowest BCUT2D eigenvalue weighted by molar-refractivity contribution is 0.216. The molecule has 0 aliphatic carbocycles. The molecule has 0 saturated carbocycles. The maximum atomic E-state index is 14.2. The Balaban J connectivity index is 2.21. The number of hydrogen-bond acceptors (Lipinski definition) is 1. The van der Waals surface area contributed by atoms with Crippen LogP contribution in [0.2, 0.25) is 5.02 Å². The minimum Gasteiger partial charge on any atom is -0.384 e. The highest BCUT2D eigenvalue weighted by molar-refractivity contribution is 6.35. The smallest absolute Gasteiger partial charge is 0.132 e. The van der Waals surface area contributed by atoms with Crippen molar-refractivity contribution in [3.05, 3.63) is 82.1 Å². The van der Waals surface area contributed by atoms with Crippen molar-refractivity contribution < 1.29 is 9.50 Å². The molecule has 0 amide bonds. The number of hydrogen-bond donors (Lipinski definition) is 1. The van der Waals surface area contributed by atoms with Gasteiger partial charge in [-0.25, -0.2) is 4.39 Å². The molecular weight excluding hydrogens is 287 g/mol. The van der Waals surface area contributed by atoms with E-state index in [9.17, 15) is 9.50 Å². The van der Waals surface area contributed by atoms with Crippen LogP contribution in [0.3, 0.4) is 0 Å². The summed E-state index contributed by atoms with van der Waals surface area (Å²) in [4.78, 5) is 0. The first-order chi connectivity index (χ1) is 10.1. The maximum Gasteiger partial charge on any atom is 0.132 e. The van der Waals surface area contributed by atoms with E-state index in [-0.39, 0.29) is 11.4 Å². The second-order valence-corrected chi connectivity index (χ2v) is 5.47. The summed E-state index contributed by atoms with van der Waals surface area (Å²) in [5.41, 5.74) is 1.45. The third-order valence-electron chi connectivity index (χ3n) is 3.72. The summed E-state index contributed by atoms with van der Waals surface area (Å²) in [6, 6.07) is 16.1. The largest absolute Gasteiger partial charge is 0.384 e. The Labute approximate surface area is 127 Å². The zero-order valence-corrected chi connectivity index (χ0v) is 12.2. The van der Waals surface area contributed by atoms with E-state index in [1.165, 1.54) is 0 Å². The van der Waals surface area contributed by atoms with Crippen LogP contribution in [0.1, 0.15) is 22.8 Å². The second kappa shape index (κ2) is 5.47. The van der Waals surface area contributed by atoms with Gasteiger partial charge in [-0.05, 0) is 29.5 Å². The average Bonchev–Trinajstić information content (AvgIpc) is 2.50. The lowest BCUT2D eigenvalue weighted by Gasteiger charge is -2.16. The van der Waals surface area contributed by atoms with Crippen molar-refractivity contribution in [2.45, 2.75) is 13.0 Å². The average molecular weight is 301 g/mol. The molecule has 3 heteroatoms. The van der Waals surface area contributed by atoms with E-state index < -0.39 is 6.10 Å². The molecule has 0 saturated heterocycles. The third kappa shape index (κ3) is 2.41. The Morgan fingerprint density at radius 2 is 1.62 bits per heavy atom. The Morgan fingerprint density at radius 1 is 0.905 bits per heavy atom. The first-order valence-electron chi connectivity index (χ1n) is 6.70. The molecular formula is C18H14ClFO. The number of halogens is 2. The van der Waals surface area contributed by atoms with E-state index in [4.69, 9.17) is 11.6 Å². The molecule has 0 aromatic heterocycles. The third-order valence-corrected chi connectivity index (χ3v) is 4.05. The van der Waals surface area contributed by atoms with Crippen molar-refractivity contribution in [3.8, 4) is 0 Å². The van der Waals surface area contributed by atoms with E-state index in [2.05, 4.69) is 0 Å². The molecule has 3 aromatic rings. The monoisotopic (exact) mass is 300 g/mol. The Bertz CT molecular complexity index is 813. The molecule has 0 aliphatic rings. The van der Waals surface area contributed by atoms with Crippen LogP contribution in [0.15, 0.2) is 54.6 Å². The van der Waals surface area contributed by atoms with Gasteiger partial charge in [0.25, 0.3) is 0 Å². The molecule has 21 heavy (non-hydrogen) atoms. The topological polar surface area (TPSA) is 20.2 Å². The molecule has 3 aromatic carbocycles. The van der Waals surface area contributed by atoms with Crippen molar-refractivity contribution in [1.29, 1.82) is 0 Å². The van der Waals surface area contributed by atoms with Gasteiger partial charge in [0.15, 0.2) is 0 Å². The summed E-state index contributed by atoms with van der Waals surface area (Å²) in [5, 5.41) is 12.9. The van der Waals surface area contributed by atoms with Gasteiger partial charge in [0.05, 0.1) is 0 Å².